The molecule has 0 aliphatic rings. The van der Waals surface area contributed by atoms with E-state index in [-0.39, 0.29) is 6.04 Å². The van der Waals surface area contributed by atoms with Crippen molar-refractivity contribution in [2.24, 2.45) is 5.84 Å². The predicted molar refractivity (Wildman–Crippen MR) is 77.6 cm³/mol. The number of rotatable bonds is 8. The lowest BCUT2D eigenvalue weighted by molar-refractivity contribution is 0.479. The Kier molecular flexibility index (Phi) is 7.49. The van der Waals surface area contributed by atoms with E-state index in [0.717, 1.165) is 10.9 Å². The summed E-state index contributed by atoms with van der Waals surface area (Å²) in [5.74, 6) is 5.63. The summed E-state index contributed by atoms with van der Waals surface area (Å²) in [5.41, 5.74) is 4.18. The molecule has 0 radical (unpaired) electrons. The minimum atomic E-state index is 0.272. The molecular formula is C14H23BrN2. The molecule has 0 saturated heterocycles. The van der Waals surface area contributed by atoms with Crippen molar-refractivity contribution in [3.05, 3.63) is 34.3 Å². The second-order valence-corrected chi connectivity index (χ2v) is 5.39. The van der Waals surface area contributed by atoms with E-state index >= 15 is 0 Å². The molecule has 17 heavy (non-hydrogen) atoms. The number of hydrogen-bond acceptors (Lipinski definition) is 2. The van der Waals surface area contributed by atoms with Gasteiger partial charge in [-0.25, -0.2) is 0 Å². The van der Waals surface area contributed by atoms with E-state index in [0.29, 0.717) is 0 Å². The zero-order chi connectivity index (χ0) is 12.5. The van der Waals surface area contributed by atoms with Crippen LogP contribution in [-0.2, 0) is 0 Å². The fraction of sp³-hybridized carbons (Fsp3) is 0.571. The molecule has 1 aromatic rings. The van der Waals surface area contributed by atoms with Crippen molar-refractivity contribution >= 4 is 15.9 Å². The first-order valence-electron chi connectivity index (χ1n) is 6.49. The maximum Gasteiger partial charge on any atom is 0.0460 e. The third-order valence-corrected chi connectivity index (χ3v) is 3.54. The van der Waals surface area contributed by atoms with Crippen LogP contribution in [-0.4, -0.2) is 0 Å². The second kappa shape index (κ2) is 8.67. The van der Waals surface area contributed by atoms with Crippen LogP contribution in [0.3, 0.4) is 0 Å². The first-order chi connectivity index (χ1) is 8.27. The second-order valence-electron chi connectivity index (χ2n) is 4.48. The number of nitrogens with one attached hydrogen (secondary N) is 1. The number of halogens is 1. The van der Waals surface area contributed by atoms with E-state index in [1.807, 2.05) is 6.07 Å². The molecule has 96 valence electrons. The molecule has 0 aliphatic carbocycles. The van der Waals surface area contributed by atoms with Gasteiger partial charge in [0.05, 0.1) is 0 Å². The van der Waals surface area contributed by atoms with Crippen molar-refractivity contribution in [3.63, 3.8) is 0 Å². The van der Waals surface area contributed by atoms with Crippen LogP contribution in [0.5, 0.6) is 0 Å². The molecule has 3 N–H and O–H groups in total. The number of benzene rings is 1. The molecule has 0 heterocycles. The summed E-state index contributed by atoms with van der Waals surface area (Å²) >= 11 is 3.49. The smallest absolute Gasteiger partial charge is 0.0460 e. The van der Waals surface area contributed by atoms with E-state index < -0.39 is 0 Å². The molecule has 0 fully saturated rings. The highest BCUT2D eigenvalue weighted by atomic mass is 79.9. The molecular weight excluding hydrogens is 276 g/mol. The SMILES string of the molecule is CCCCCCCC(NN)c1cccc(Br)c1. The molecule has 1 rings (SSSR count). The molecule has 0 spiro atoms. The van der Waals surface area contributed by atoms with Gasteiger partial charge in [-0.2, -0.15) is 0 Å². The Morgan fingerprint density at radius 1 is 1.24 bits per heavy atom. The molecule has 1 atom stereocenters. The van der Waals surface area contributed by atoms with E-state index in [2.05, 4.69) is 46.5 Å². The molecule has 0 aromatic heterocycles. The van der Waals surface area contributed by atoms with Crippen LogP contribution in [0.15, 0.2) is 28.7 Å². The third kappa shape index (κ3) is 5.66. The Bertz CT molecular complexity index is 315. The molecule has 2 nitrogen and oxygen atoms in total. The van der Waals surface area contributed by atoms with Crippen molar-refractivity contribution in [1.82, 2.24) is 5.43 Å². The van der Waals surface area contributed by atoms with Crippen molar-refractivity contribution in [3.8, 4) is 0 Å². The first-order valence-corrected chi connectivity index (χ1v) is 7.28. The first kappa shape index (κ1) is 14.7. The van der Waals surface area contributed by atoms with Gasteiger partial charge in [-0.1, -0.05) is 67.1 Å². The summed E-state index contributed by atoms with van der Waals surface area (Å²) in [6.45, 7) is 2.24. The molecule has 0 bridgehead atoms. The van der Waals surface area contributed by atoms with Crippen LogP contribution >= 0.6 is 15.9 Å². The number of hydrogen-bond donors (Lipinski definition) is 2. The van der Waals surface area contributed by atoms with Crippen LogP contribution in [0, 0.1) is 0 Å². The monoisotopic (exact) mass is 298 g/mol. The van der Waals surface area contributed by atoms with E-state index in [9.17, 15) is 0 Å². The zero-order valence-corrected chi connectivity index (χ0v) is 12.2. The summed E-state index contributed by atoms with van der Waals surface area (Å²) in [6.07, 6.45) is 7.63. The van der Waals surface area contributed by atoms with Crippen molar-refractivity contribution < 1.29 is 0 Å². The van der Waals surface area contributed by atoms with Crippen LogP contribution in [0.25, 0.3) is 0 Å². The Labute approximate surface area is 113 Å². The lowest BCUT2D eigenvalue weighted by Gasteiger charge is -2.16. The van der Waals surface area contributed by atoms with Crippen molar-refractivity contribution in [1.29, 1.82) is 0 Å². The summed E-state index contributed by atoms with van der Waals surface area (Å²) in [6, 6.07) is 8.63. The van der Waals surface area contributed by atoms with Gasteiger partial charge in [0.1, 0.15) is 0 Å². The Morgan fingerprint density at radius 3 is 2.65 bits per heavy atom. The fourth-order valence-electron chi connectivity index (χ4n) is 2.02. The highest BCUT2D eigenvalue weighted by molar-refractivity contribution is 9.10. The fourth-order valence-corrected chi connectivity index (χ4v) is 2.44. The molecule has 1 aromatic carbocycles. The third-order valence-electron chi connectivity index (χ3n) is 3.05. The topological polar surface area (TPSA) is 38.0 Å². The van der Waals surface area contributed by atoms with Gasteiger partial charge >= 0.3 is 0 Å². The largest absolute Gasteiger partial charge is 0.271 e. The van der Waals surface area contributed by atoms with Crippen LogP contribution in [0.2, 0.25) is 0 Å². The standard InChI is InChI=1S/C14H23BrN2/c1-2-3-4-5-6-10-14(17-16)12-8-7-9-13(15)11-12/h7-9,11,14,17H,2-6,10,16H2,1H3. The summed E-state index contributed by atoms with van der Waals surface area (Å²) in [4.78, 5) is 0. The van der Waals surface area contributed by atoms with Crippen molar-refractivity contribution in [2.45, 2.75) is 51.5 Å². The Balaban J connectivity index is 2.38. The minimum absolute atomic E-state index is 0.272. The lowest BCUT2D eigenvalue weighted by Crippen LogP contribution is -2.27. The Hall–Kier alpha value is -0.380. The maximum atomic E-state index is 5.63. The number of hydrazine groups is 1. The van der Waals surface area contributed by atoms with Gasteiger partial charge in [0.2, 0.25) is 0 Å². The van der Waals surface area contributed by atoms with Gasteiger partial charge < -0.3 is 0 Å². The van der Waals surface area contributed by atoms with Crippen LogP contribution < -0.4 is 11.3 Å². The van der Waals surface area contributed by atoms with Crippen LogP contribution in [0.4, 0.5) is 0 Å². The van der Waals surface area contributed by atoms with Gasteiger partial charge in [0.25, 0.3) is 0 Å². The Morgan fingerprint density at radius 2 is 2.00 bits per heavy atom. The molecule has 0 amide bonds. The molecule has 0 aliphatic heterocycles. The van der Waals surface area contributed by atoms with Gasteiger partial charge in [0, 0.05) is 10.5 Å². The predicted octanol–water partition coefficient (Wildman–Crippen LogP) is 4.31. The summed E-state index contributed by atoms with van der Waals surface area (Å²) < 4.78 is 1.11. The lowest BCUT2D eigenvalue weighted by atomic mass is 10.0. The normalized spacial score (nSPS) is 12.6. The molecule has 0 saturated carbocycles. The average Bonchev–Trinajstić information content (AvgIpc) is 2.34. The van der Waals surface area contributed by atoms with E-state index in [1.165, 1.54) is 37.7 Å². The zero-order valence-electron chi connectivity index (χ0n) is 10.6. The quantitative estimate of drug-likeness (QED) is 0.426. The van der Waals surface area contributed by atoms with E-state index in [1.54, 1.807) is 0 Å². The number of nitrogens with two attached hydrogens (primary N) is 1. The number of unbranched alkanes of at least 4 members (excludes halogenated alkanes) is 4. The van der Waals surface area contributed by atoms with Gasteiger partial charge in [-0.3, -0.25) is 11.3 Å². The summed E-state index contributed by atoms with van der Waals surface area (Å²) in [5, 5.41) is 0. The van der Waals surface area contributed by atoms with Gasteiger partial charge in [-0.15, -0.1) is 0 Å². The van der Waals surface area contributed by atoms with Gasteiger partial charge in [-0.05, 0) is 24.1 Å². The van der Waals surface area contributed by atoms with Gasteiger partial charge in [0.15, 0.2) is 0 Å². The molecule has 1 unspecified atom stereocenters. The summed E-state index contributed by atoms with van der Waals surface area (Å²) in [7, 11) is 0. The van der Waals surface area contributed by atoms with Crippen molar-refractivity contribution in [2.75, 3.05) is 0 Å². The van der Waals surface area contributed by atoms with Crippen LogP contribution in [0.1, 0.15) is 57.1 Å². The van der Waals surface area contributed by atoms with E-state index in [4.69, 9.17) is 5.84 Å². The minimum Gasteiger partial charge on any atom is -0.271 e. The highest BCUT2D eigenvalue weighted by Gasteiger charge is 2.09. The maximum absolute atomic E-state index is 5.63. The average molecular weight is 299 g/mol. The molecule has 3 heteroatoms. The highest BCUT2D eigenvalue weighted by Crippen LogP contribution is 2.22.